The van der Waals surface area contributed by atoms with Crippen molar-refractivity contribution in [2.75, 3.05) is 13.1 Å². The van der Waals surface area contributed by atoms with E-state index < -0.39 is 16.8 Å². The lowest BCUT2D eigenvalue weighted by Gasteiger charge is -2.40. The first-order valence-electron chi connectivity index (χ1n) is 7.72. The summed E-state index contributed by atoms with van der Waals surface area (Å²) >= 11 is 0. The summed E-state index contributed by atoms with van der Waals surface area (Å²) in [5.74, 6) is -0.0612. The smallest absolute Gasteiger partial charge is 0.309 e. The first-order valence-corrected chi connectivity index (χ1v) is 7.72. The van der Waals surface area contributed by atoms with Crippen molar-refractivity contribution in [3.63, 3.8) is 0 Å². The van der Waals surface area contributed by atoms with E-state index in [-0.39, 0.29) is 11.8 Å². The van der Waals surface area contributed by atoms with Crippen molar-refractivity contribution >= 4 is 11.9 Å². The molecule has 2 aliphatic rings. The van der Waals surface area contributed by atoms with E-state index in [0.29, 0.717) is 18.8 Å². The molecule has 0 aromatic heterocycles. The molecule has 1 aliphatic carbocycles. The number of carboxylic acid groups (broad SMARTS) is 1. The molecule has 2 rings (SSSR count). The molecule has 0 aromatic carbocycles. The van der Waals surface area contributed by atoms with Gasteiger partial charge in [-0.15, -0.1) is 0 Å². The highest BCUT2D eigenvalue weighted by Gasteiger charge is 2.58. The first kappa shape index (κ1) is 15.3. The lowest BCUT2D eigenvalue weighted by atomic mass is 9.65. The summed E-state index contributed by atoms with van der Waals surface area (Å²) in [6, 6.07) is 0. The number of hydrogen-bond donors (Lipinski definition) is 1. The molecule has 1 saturated carbocycles. The van der Waals surface area contributed by atoms with Gasteiger partial charge in [-0.05, 0) is 43.9 Å². The maximum absolute atomic E-state index is 12.8. The van der Waals surface area contributed by atoms with Crippen LogP contribution in [0.25, 0.3) is 0 Å². The Labute approximate surface area is 121 Å². The number of hydrogen-bond acceptors (Lipinski definition) is 2. The SMILES string of the molecule is CC1CCN(C(=O)[C@@H]2CC[C@](C)(C(=O)O)C2(C)C)CC1. The number of carbonyl (C=O) groups excluding carboxylic acids is 1. The zero-order valence-corrected chi connectivity index (χ0v) is 13.1. The van der Waals surface area contributed by atoms with Crippen molar-refractivity contribution in [2.24, 2.45) is 22.7 Å². The van der Waals surface area contributed by atoms with Gasteiger partial charge in [0, 0.05) is 19.0 Å². The number of likely N-dealkylation sites (tertiary alicyclic amines) is 1. The molecule has 2 fully saturated rings. The normalized spacial score (nSPS) is 34.2. The number of amides is 1. The van der Waals surface area contributed by atoms with Gasteiger partial charge < -0.3 is 10.0 Å². The highest BCUT2D eigenvalue weighted by atomic mass is 16.4. The molecule has 0 bridgehead atoms. The fraction of sp³-hybridized carbons (Fsp3) is 0.875. The number of carboxylic acids is 1. The minimum atomic E-state index is -0.795. The minimum Gasteiger partial charge on any atom is -0.481 e. The van der Waals surface area contributed by atoms with Crippen molar-refractivity contribution in [1.29, 1.82) is 0 Å². The summed E-state index contributed by atoms with van der Waals surface area (Å²) in [5.41, 5.74) is -1.28. The van der Waals surface area contributed by atoms with Crippen LogP contribution in [0.2, 0.25) is 0 Å². The Kier molecular flexibility index (Phi) is 3.87. The number of rotatable bonds is 2. The van der Waals surface area contributed by atoms with Crippen LogP contribution in [0.5, 0.6) is 0 Å². The van der Waals surface area contributed by atoms with E-state index in [2.05, 4.69) is 6.92 Å². The van der Waals surface area contributed by atoms with Gasteiger partial charge in [-0.3, -0.25) is 9.59 Å². The topological polar surface area (TPSA) is 57.6 Å². The molecule has 1 amide bonds. The Balaban J connectivity index is 2.14. The number of nitrogens with zero attached hydrogens (tertiary/aromatic N) is 1. The van der Waals surface area contributed by atoms with Crippen LogP contribution in [0.15, 0.2) is 0 Å². The molecule has 4 nitrogen and oxygen atoms in total. The van der Waals surface area contributed by atoms with E-state index in [1.54, 1.807) is 6.92 Å². The third-order valence-electron chi connectivity index (χ3n) is 6.09. The average molecular weight is 281 g/mol. The zero-order chi connectivity index (χ0) is 15.1. The van der Waals surface area contributed by atoms with E-state index in [4.69, 9.17) is 0 Å². The van der Waals surface area contributed by atoms with Gasteiger partial charge >= 0.3 is 5.97 Å². The minimum absolute atomic E-state index is 0.156. The number of aliphatic carboxylic acids is 1. The van der Waals surface area contributed by atoms with Gasteiger partial charge in [0.25, 0.3) is 0 Å². The van der Waals surface area contributed by atoms with E-state index >= 15 is 0 Å². The van der Waals surface area contributed by atoms with Crippen LogP contribution in [-0.4, -0.2) is 35.0 Å². The van der Waals surface area contributed by atoms with Gasteiger partial charge in [-0.25, -0.2) is 0 Å². The van der Waals surface area contributed by atoms with E-state index in [1.165, 1.54) is 0 Å². The average Bonchev–Trinajstić information content (AvgIpc) is 2.62. The maximum atomic E-state index is 12.8. The zero-order valence-electron chi connectivity index (χ0n) is 13.1. The lowest BCUT2D eigenvalue weighted by Crippen LogP contribution is -2.48. The molecule has 1 N–H and O–H groups in total. The highest BCUT2D eigenvalue weighted by Crippen LogP contribution is 2.56. The van der Waals surface area contributed by atoms with E-state index in [0.717, 1.165) is 25.9 Å². The summed E-state index contributed by atoms with van der Waals surface area (Å²) in [6.45, 7) is 9.57. The molecule has 0 unspecified atom stereocenters. The van der Waals surface area contributed by atoms with Gasteiger partial charge in [-0.1, -0.05) is 20.8 Å². The van der Waals surface area contributed by atoms with Crippen LogP contribution in [0, 0.1) is 22.7 Å². The van der Waals surface area contributed by atoms with Crippen LogP contribution in [0.3, 0.4) is 0 Å². The third-order valence-corrected chi connectivity index (χ3v) is 6.09. The monoisotopic (exact) mass is 281 g/mol. The highest BCUT2D eigenvalue weighted by molar-refractivity contribution is 5.84. The summed E-state index contributed by atoms with van der Waals surface area (Å²) in [7, 11) is 0. The molecule has 0 spiro atoms. The first-order chi connectivity index (χ1) is 9.20. The van der Waals surface area contributed by atoms with Gasteiger partial charge in [0.05, 0.1) is 5.41 Å². The summed E-state index contributed by atoms with van der Waals surface area (Å²) in [4.78, 5) is 26.3. The fourth-order valence-corrected chi connectivity index (χ4v) is 3.76. The van der Waals surface area contributed by atoms with Crippen LogP contribution >= 0.6 is 0 Å². The molecule has 0 aromatic rings. The molecule has 1 aliphatic heterocycles. The Morgan fingerprint density at radius 1 is 1.10 bits per heavy atom. The predicted molar refractivity (Wildman–Crippen MR) is 77.2 cm³/mol. The predicted octanol–water partition coefficient (Wildman–Crippen LogP) is 2.77. The summed E-state index contributed by atoms with van der Waals surface area (Å²) < 4.78 is 0. The second-order valence-electron chi connectivity index (χ2n) is 7.46. The molecule has 1 heterocycles. The van der Waals surface area contributed by atoms with Gasteiger partial charge in [-0.2, -0.15) is 0 Å². The molecule has 20 heavy (non-hydrogen) atoms. The summed E-state index contributed by atoms with van der Waals surface area (Å²) in [5, 5.41) is 9.53. The molecule has 0 radical (unpaired) electrons. The molecular formula is C16H27NO3. The Hall–Kier alpha value is -1.06. The van der Waals surface area contributed by atoms with Crippen molar-refractivity contribution in [3.8, 4) is 0 Å². The number of carbonyl (C=O) groups is 2. The van der Waals surface area contributed by atoms with Crippen LogP contribution < -0.4 is 0 Å². The Morgan fingerprint density at radius 3 is 2.10 bits per heavy atom. The van der Waals surface area contributed by atoms with Gasteiger partial charge in [0.15, 0.2) is 0 Å². The molecular weight excluding hydrogens is 254 g/mol. The maximum Gasteiger partial charge on any atom is 0.309 e. The van der Waals surface area contributed by atoms with Crippen molar-refractivity contribution in [1.82, 2.24) is 4.90 Å². The summed E-state index contributed by atoms with van der Waals surface area (Å²) in [6.07, 6.45) is 3.42. The lowest BCUT2D eigenvalue weighted by molar-refractivity contribution is -0.156. The Bertz CT molecular complexity index is 410. The largest absolute Gasteiger partial charge is 0.481 e. The molecule has 114 valence electrons. The van der Waals surface area contributed by atoms with Crippen LogP contribution in [0.4, 0.5) is 0 Å². The molecule has 1 saturated heterocycles. The molecule has 2 atom stereocenters. The van der Waals surface area contributed by atoms with Crippen molar-refractivity contribution < 1.29 is 14.7 Å². The second kappa shape index (κ2) is 5.05. The molecule has 4 heteroatoms. The fourth-order valence-electron chi connectivity index (χ4n) is 3.76. The third kappa shape index (κ3) is 2.23. The van der Waals surface area contributed by atoms with Crippen molar-refractivity contribution in [2.45, 2.75) is 53.4 Å². The van der Waals surface area contributed by atoms with Gasteiger partial charge in [0.2, 0.25) is 5.91 Å². The van der Waals surface area contributed by atoms with Crippen LogP contribution in [0.1, 0.15) is 53.4 Å². The quantitative estimate of drug-likeness (QED) is 0.846. The van der Waals surface area contributed by atoms with E-state index in [9.17, 15) is 14.7 Å². The standard InChI is InChI=1S/C16H27NO3/c1-11-6-9-17(10-7-11)13(18)12-5-8-16(4,14(19)20)15(12,2)3/h11-12H,5-10H2,1-4H3,(H,19,20)/t12-,16+/m0/s1. The van der Waals surface area contributed by atoms with Gasteiger partial charge in [0.1, 0.15) is 0 Å². The van der Waals surface area contributed by atoms with Crippen molar-refractivity contribution in [3.05, 3.63) is 0 Å². The van der Waals surface area contributed by atoms with Crippen LogP contribution in [-0.2, 0) is 9.59 Å². The van der Waals surface area contributed by atoms with E-state index in [1.807, 2.05) is 18.7 Å². The number of piperidine rings is 1. The second-order valence-corrected chi connectivity index (χ2v) is 7.46. The Morgan fingerprint density at radius 2 is 1.65 bits per heavy atom.